The van der Waals surface area contributed by atoms with Crippen LogP contribution in [0.3, 0.4) is 0 Å². The first-order chi connectivity index (χ1) is 1.91. The highest BCUT2D eigenvalue weighted by Crippen LogP contribution is 1.24. The van der Waals surface area contributed by atoms with E-state index in [-0.39, 0.29) is 22.3 Å². The summed E-state index contributed by atoms with van der Waals surface area (Å²) in [5.74, 6) is 0. The molecular formula is C5H20N2. The number of rotatable bonds is 1. The minimum absolute atomic E-state index is 0. The highest BCUT2D eigenvalue weighted by atomic mass is 14.6. The zero-order valence-corrected chi connectivity index (χ0v) is 2.57. The molecule has 0 rings (SSSR count). The van der Waals surface area contributed by atoms with Gasteiger partial charge in [-0.1, -0.05) is 22.3 Å². The van der Waals surface area contributed by atoms with Crippen molar-refractivity contribution >= 4 is 0 Å². The Morgan fingerprint density at radius 3 is 0.857 bits per heavy atom. The van der Waals surface area contributed by atoms with Crippen LogP contribution in [0.25, 0.3) is 0 Å². The molecule has 0 heterocycles. The number of hydrogen-bond donors (Lipinski definition) is 2. The topological polar surface area (TPSA) is 52.0 Å². The van der Waals surface area contributed by atoms with Crippen LogP contribution in [0.2, 0.25) is 0 Å². The Kier molecular flexibility index (Phi) is 158. The van der Waals surface area contributed by atoms with E-state index in [0.717, 1.165) is 0 Å². The van der Waals surface area contributed by atoms with Crippen LogP contribution in [0.15, 0.2) is 0 Å². The monoisotopic (exact) mass is 108 g/mol. The molecule has 0 amide bonds. The average Bonchev–Trinajstić information content (AvgIpc) is 1.37. The van der Waals surface area contributed by atoms with Crippen LogP contribution in [-0.2, 0) is 0 Å². The van der Waals surface area contributed by atoms with Gasteiger partial charge in [-0.15, -0.1) is 0 Å². The SMILES string of the molecule is C.C.C.NCCN. The van der Waals surface area contributed by atoms with Crippen molar-refractivity contribution in [3.8, 4) is 0 Å². The summed E-state index contributed by atoms with van der Waals surface area (Å²) in [5.41, 5.74) is 9.81. The lowest BCUT2D eigenvalue weighted by atomic mass is 10.7. The Hall–Kier alpha value is -0.0800. The third kappa shape index (κ3) is 107. The molecule has 0 aromatic carbocycles. The number of hydrogen-bond acceptors (Lipinski definition) is 2. The van der Waals surface area contributed by atoms with E-state index in [1.807, 2.05) is 0 Å². The van der Waals surface area contributed by atoms with Gasteiger partial charge in [0.15, 0.2) is 0 Å². The van der Waals surface area contributed by atoms with E-state index in [1.165, 1.54) is 0 Å². The summed E-state index contributed by atoms with van der Waals surface area (Å²) in [6.45, 7) is 1.19. The number of nitrogens with two attached hydrogens (primary N) is 2. The maximum atomic E-state index is 4.90. The van der Waals surface area contributed by atoms with Gasteiger partial charge in [0, 0.05) is 13.1 Å². The van der Waals surface area contributed by atoms with Gasteiger partial charge in [-0.25, -0.2) is 0 Å². The van der Waals surface area contributed by atoms with Crippen LogP contribution in [0.1, 0.15) is 22.3 Å². The van der Waals surface area contributed by atoms with E-state index in [4.69, 9.17) is 11.5 Å². The summed E-state index contributed by atoms with van der Waals surface area (Å²) in [7, 11) is 0. The van der Waals surface area contributed by atoms with Crippen LogP contribution in [0.4, 0.5) is 0 Å². The largest absolute Gasteiger partial charge is 0.329 e. The van der Waals surface area contributed by atoms with Gasteiger partial charge in [-0.2, -0.15) is 0 Å². The third-order valence-corrected chi connectivity index (χ3v) is 0.167. The Morgan fingerprint density at radius 1 is 0.714 bits per heavy atom. The molecule has 0 fully saturated rings. The van der Waals surface area contributed by atoms with Crippen LogP contribution in [0.5, 0.6) is 0 Å². The molecule has 7 heavy (non-hydrogen) atoms. The lowest BCUT2D eigenvalue weighted by Crippen LogP contribution is -2.11. The fraction of sp³-hybridized carbons (Fsp3) is 1.00. The summed E-state index contributed by atoms with van der Waals surface area (Å²) in [6, 6.07) is 0. The quantitative estimate of drug-likeness (QED) is 0.522. The summed E-state index contributed by atoms with van der Waals surface area (Å²) in [6.07, 6.45) is 0. The van der Waals surface area contributed by atoms with Crippen molar-refractivity contribution in [2.45, 2.75) is 22.3 Å². The predicted molar refractivity (Wildman–Crippen MR) is 38.3 cm³/mol. The van der Waals surface area contributed by atoms with Crippen molar-refractivity contribution in [3.05, 3.63) is 0 Å². The fourth-order valence-corrected chi connectivity index (χ4v) is 0. The Bertz CT molecular complexity index is 8.04. The van der Waals surface area contributed by atoms with E-state index in [0.29, 0.717) is 13.1 Å². The normalized spacial score (nSPS) is 4.29. The molecule has 0 aliphatic rings. The highest BCUT2D eigenvalue weighted by molar-refractivity contribution is 4.26. The molecule has 0 spiro atoms. The fourth-order valence-electron chi connectivity index (χ4n) is 0. The second-order valence-electron chi connectivity index (χ2n) is 0.577. The standard InChI is InChI=1S/C2H8N2.3CH4/c3-1-2-4;;;/h1-4H2;3*1H4. The van der Waals surface area contributed by atoms with Gasteiger partial charge in [0.2, 0.25) is 0 Å². The molecule has 0 aromatic heterocycles. The van der Waals surface area contributed by atoms with Crippen molar-refractivity contribution in [2.75, 3.05) is 13.1 Å². The molecule has 0 aliphatic heterocycles. The summed E-state index contributed by atoms with van der Waals surface area (Å²) < 4.78 is 0. The molecule has 50 valence electrons. The minimum Gasteiger partial charge on any atom is -0.329 e. The van der Waals surface area contributed by atoms with Crippen molar-refractivity contribution in [2.24, 2.45) is 11.5 Å². The Morgan fingerprint density at radius 2 is 0.857 bits per heavy atom. The van der Waals surface area contributed by atoms with Gasteiger partial charge in [-0.05, 0) is 0 Å². The smallest absolute Gasteiger partial charge is 0.00461 e. The summed E-state index contributed by atoms with van der Waals surface area (Å²) in [4.78, 5) is 0. The molecule has 4 N–H and O–H groups in total. The first-order valence-corrected chi connectivity index (χ1v) is 1.32. The first kappa shape index (κ1) is 28.4. The zero-order valence-electron chi connectivity index (χ0n) is 2.57. The maximum absolute atomic E-state index is 4.90. The van der Waals surface area contributed by atoms with E-state index in [9.17, 15) is 0 Å². The summed E-state index contributed by atoms with van der Waals surface area (Å²) in [5, 5.41) is 0. The first-order valence-electron chi connectivity index (χ1n) is 1.32. The lowest BCUT2D eigenvalue weighted by Gasteiger charge is -1.72. The molecule has 0 unspecified atom stereocenters. The van der Waals surface area contributed by atoms with Crippen molar-refractivity contribution in [3.63, 3.8) is 0 Å². The van der Waals surface area contributed by atoms with E-state index < -0.39 is 0 Å². The molecule has 2 nitrogen and oxygen atoms in total. The lowest BCUT2D eigenvalue weighted by molar-refractivity contribution is 0.976. The van der Waals surface area contributed by atoms with Gasteiger partial charge in [0.1, 0.15) is 0 Å². The second kappa shape index (κ2) is 38.9. The van der Waals surface area contributed by atoms with Gasteiger partial charge in [0.05, 0.1) is 0 Å². The molecule has 0 radical (unpaired) electrons. The van der Waals surface area contributed by atoms with Gasteiger partial charge < -0.3 is 11.5 Å². The van der Waals surface area contributed by atoms with Crippen LogP contribution in [0, 0.1) is 0 Å². The summed E-state index contributed by atoms with van der Waals surface area (Å²) >= 11 is 0. The molecule has 0 aromatic rings. The van der Waals surface area contributed by atoms with Crippen molar-refractivity contribution in [1.29, 1.82) is 0 Å². The van der Waals surface area contributed by atoms with Gasteiger partial charge in [0.25, 0.3) is 0 Å². The molecule has 0 aliphatic carbocycles. The maximum Gasteiger partial charge on any atom is 0.00461 e. The average molecular weight is 108 g/mol. The molecule has 0 saturated carbocycles. The van der Waals surface area contributed by atoms with Crippen LogP contribution >= 0.6 is 0 Å². The zero-order chi connectivity index (χ0) is 3.41. The molecule has 0 saturated heterocycles. The molecule has 0 atom stereocenters. The van der Waals surface area contributed by atoms with Crippen LogP contribution in [-0.4, -0.2) is 13.1 Å². The van der Waals surface area contributed by atoms with Crippen molar-refractivity contribution < 1.29 is 0 Å². The molecular weight excluding hydrogens is 88.1 g/mol. The van der Waals surface area contributed by atoms with Crippen LogP contribution < -0.4 is 11.5 Å². The molecule has 0 bridgehead atoms. The van der Waals surface area contributed by atoms with E-state index >= 15 is 0 Å². The minimum atomic E-state index is 0. The van der Waals surface area contributed by atoms with Gasteiger partial charge in [-0.3, -0.25) is 0 Å². The molecule has 2 heteroatoms. The van der Waals surface area contributed by atoms with E-state index in [1.54, 1.807) is 0 Å². The van der Waals surface area contributed by atoms with E-state index in [2.05, 4.69) is 0 Å². The van der Waals surface area contributed by atoms with Gasteiger partial charge >= 0.3 is 0 Å². The predicted octanol–water partition coefficient (Wildman–Crippen LogP) is 0.812. The highest BCUT2D eigenvalue weighted by Gasteiger charge is 1.54. The Labute approximate surface area is 47.9 Å². The Balaban J connectivity index is -0.0000000150. The second-order valence-corrected chi connectivity index (χ2v) is 0.577. The third-order valence-electron chi connectivity index (χ3n) is 0.167. The van der Waals surface area contributed by atoms with Crippen molar-refractivity contribution in [1.82, 2.24) is 0 Å².